The second kappa shape index (κ2) is 11.6. The molecule has 0 aliphatic carbocycles. The van der Waals surface area contributed by atoms with Crippen LogP contribution in [0.15, 0.2) is 42.7 Å². The lowest BCUT2D eigenvalue weighted by atomic mass is 9.94. The second-order valence-corrected chi connectivity index (χ2v) is 6.93. The summed E-state index contributed by atoms with van der Waals surface area (Å²) in [5.41, 5.74) is 1.27. The smallest absolute Gasteiger partial charge is 0.247 e. The third kappa shape index (κ3) is 5.98. The summed E-state index contributed by atoms with van der Waals surface area (Å²) in [6.07, 6.45) is 18.9. The number of allylic oxidation sites excluding steroid dienone is 1. The maximum Gasteiger partial charge on any atom is 0.247 e. The first-order valence-electron chi connectivity index (χ1n) is 10.6. The van der Waals surface area contributed by atoms with Crippen LogP contribution >= 0.6 is 0 Å². The molecule has 1 aromatic heterocycles. The molecule has 0 fully saturated rings. The Morgan fingerprint density at radius 3 is 2.74 bits per heavy atom. The summed E-state index contributed by atoms with van der Waals surface area (Å²) in [4.78, 5) is 18.7. The highest BCUT2D eigenvalue weighted by Gasteiger charge is 2.38. The molecule has 0 radical (unpaired) electrons. The largest absolute Gasteiger partial charge is 0.496 e. The standard InChI is InChI=1S/C20H29N3O2.C2H6/c1-2-3-4-8-17-15-19(24)23(12-7-11-22-13-10-21-16-22)20(17)18-9-5-6-14-25-18;1-2/h6,10,13-16,18,20H,2-5,7-9,11-12H2,1H3;1-2H3. The van der Waals surface area contributed by atoms with Crippen molar-refractivity contribution in [2.75, 3.05) is 6.54 Å². The maximum absolute atomic E-state index is 12.6. The Labute approximate surface area is 164 Å². The van der Waals surface area contributed by atoms with Crippen LogP contribution in [0, 0.1) is 0 Å². The normalized spacial score (nSPS) is 21.5. The van der Waals surface area contributed by atoms with Gasteiger partial charge in [0.1, 0.15) is 6.10 Å². The quantitative estimate of drug-likeness (QED) is 0.589. The van der Waals surface area contributed by atoms with Crippen LogP contribution in [0.1, 0.15) is 65.7 Å². The fourth-order valence-electron chi connectivity index (χ4n) is 3.78. The van der Waals surface area contributed by atoms with Gasteiger partial charge in [0.15, 0.2) is 0 Å². The van der Waals surface area contributed by atoms with Crippen LogP contribution in [-0.2, 0) is 16.1 Å². The van der Waals surface area contributed by atoms with E-state index in [2.05, 4.69) is 22.6 Å². The number of carbonyl (C=O) groups excluding carboxylic acids is 1. The summed E-state index contributed by atoms with van der Waals surface area (Å²) < 4.78 is 7.96. The zero-order chi connectivity index (χ0) is 19.5. The molecule has 0 saturated heterocycles. The van der Waals surface area contributed by atoms with Crippen LogP contribution in [0.4, 0.5) is 0 Å². The van der Waals surface area contributed by atoms with E-state index in [-0.39, 0.29) is 18.1 Å². The Hall–Kier alpha value is -2.04. The van der Waals surface area contributed by atoms with Crippen molar-refractivity contribution in [1.29, 1.82) is 0 Å². The van der Waals surface area contributed by atoms with Crippen LogP contribution in [0.5, 0.6) is 0 Å². The first-order chi connectivity index (χ1) is 13.3. The molecular formula is C22H35N3O2. The van der Waals surface area contributed by atoms with E-state index < -0.39 is 0 Å². The Bertz CT molecular complexity index is 607. The minimum Gasteiger partial charge on any atom is -0.496 e. The number of amides is 1. The Morgan fingerprint density at radius 1 is 1.22 bits per heavy atom. The van der Waals surface area contributed by atoms with Crippen molar-refractivity contribution in [3.05, 3.63) is 42.7 Å². The summed E-state index contributed by atoms with van der Waals surface area (Å²) in [5.74, 6) is 0.153. The lowest BCUT2D eigenvalue weighted by Gasteiger charge is -2.34. The summed E-state index contributed by atoms with van der Waals surface area (Å²) in [6.45, 7) is 7.86. The van der Waals surface area contributed by atoms with Gasteiger partial charge in [-0.05, 0) is 43.8 Å². The third-order valence-corrected chi connectivity index (χ3v) is 5.07. The SMILES string of the molecule is CC.CCCCCC1=CC(=O)N(CCCn2ccnc2)C1C1CCC=CO1. The van der Waals surface area contributed by atoms with Gasteiger partial charge in [0, 0.05) is 31.6 Å². The number of hydrogen-bond acceptors (Lipinski definition) is 3. The van der Waals surface area contributed by atoms with E-state index >= 15 is 0 Å². The molecule has 3 rings (SSSR count). The van der Waals surface area contributed by atoms with Gasteiger partial charge in [-0.15, -0.1) is 0 Å². The monoisotopic (exact) mass is 373 g/mol. The van der Waals surface area contributed by atoms with Crippen molar-refractivity contribution in [3.8, 4) is 0 Å². The molecule has 2 aliphatic rings. The highest BCUT2D eigenvalue weighted by molar-refractivity contribution is 5.92. The Balaban J connectivity index is 0.00000126. The van der Waals surface area contributed by atoms with Gasteiger partial charge in [0.05, 0.1) is 18.6 Å². The van der Waals surface area contributed by atoms with Crippen molar-refractivity contribution in [3.63, 3.8) is 0 Å². The second-order valence-electron chi connectivity index (χ2n) is 6.93. The first kappa shape index (κ1) is 21.3. The molecular weight excluding hydrogens is 338 g/mol. The van der Waals surface area contributed by atoms with Gasteiger partial charge in [0.2, 0.25) is 5.91 Å². The number of hydrogen-bond donors (Lipinski definition) is 0. The Kier molecular flexibility index (Phi) is 9.16. The number of aryl methyl sites for hydroxylation is 1. The van der Waals surface area contributed by atoms with E-state index in [0.717, 1.165) is 45.2 Å². The molecule has 150 valence electrons. The number of rotatable bonds is 9. The number of unbranched alkanes of at least 4 members (excludes halogenated alkanes) is 2. The molecule has 2 unspecified atom stereocenters. The van der Waals surface area contributed by atoms with Crippen molar-refractivity contribution >= 4 is 5.91 Å². The summed E-state index contributed by atoms with van der Waals surface area (Å²) in [5, 5.41) is 0. The van der Waals surface area contributed by atoms with Gasteiger partial charge < -0.3 is 14.2 Å². The lowest BCUT2D eigenvalue weighted by Crippen LogP contribution is -2.45. The topological polar surface area (TPSA) is 47.4 Å². The molecule has 0 N–H and O–H groups in total. The van der Waals surface area contributed by atoms with Gasteiger partial charge >= 0.3 is 0 Å². The van der Waals surface area contributed by atoms with Gasteiger partial charge in [-0.25, -0.2) is 4.98 Å². The van der Waals surface area contributed by atoms with E-state index in [1.165, 1.54) is 18.4 Å². The molecule has 0 aromatic carbocycles. The highest BCUT2D eigenvalue weighted by Crippen LogP contribution is 2.31. The zero-order valence-electron chi connectivity index (χ0n) is 17.1. The zero-order valence-corrected chi connectivity index (χ0v) is 17.1. The minimum atomic E-state index is 0.0950. The molecule has 27 heavy (non-hydrogen) atoms. The van der Waals surface area contributed by atoms with E-state index in [1.54, 1.807) is 6.20 Å². The molecule has 0 saturated carbocycles. The average molecular weight is 374 g/mol. The third-order valence-electron chi connectivity index (χ3n) is 5.07. The molecule has 0 spiro atoms. The van der Waals surface area contributed by atoms with E-state index in [9.17, 15) is 4.79 Å². The first-order valence-corrected chi connectivity index (χ1v) is 10.6. The fraction of sp³-hybridized carbons (Fsp3) is 0.636. The van der Waals surface area contributed by atoms with Crippen LogP contribution in [0.3, 0.4) is 0 Å². The Morgan fingerprint density at radius 2 is 2.07 bits per heavy atom. The van der Waals surface area contributed by atoms with E-state index in [0.29, 0.717) is 0 Å². The fourth-order valence-corrected chi connectivity index (χ4v) is 3.78. The summed E-state index contributed by atoms with van der Waals surface area (Å²) in [7, 11) is 0. The van der Waals surface area contributed by atoms with Crippen molar-refractivity contribution < 1.29 is 9.53 Å². The lowest BCUT2D eigenvalue weighted by molar-refractivity contribution is -0.128. The number of nitrogens with zero attached hydrogens (tertiary/aromatic N) is 3. The van der Waals surface area contributed by atoms with Crippen molar-refractivity contribution in [1.82, 2.24) is 14.5 Å². The highest BCUT2D eigenvalue weighted by atomic mass is 16.5. The number of ether oxygens (including phenoxy) is 1. The molecule has 1 amide bonds. The van der Waals surface area contributed by atoms with Crippen LogP contribution < -0.4 is 0 Å². The van der Waals surface area contributed by atoms with Gasteiger partial charge in [-0.3, -0.25) is 4.79 Å². The van der Waals surface area contributed by atoms with Gasteiger partial charge in [0.25, 0.3) is 0 Å². The van der Waals surface area contributed by atoms with Gasteiger partial charge in [-0.1, -0.05) is 33.6 Å². The number of imidazole rings is 1. The molecule has 2 aliphatic heterocycles. The molecule has 1 aromatic rings. The molecule has 2 atom stereocenters. The molecule has 0 bridgehead atoms. The average Bonchev–Trinajstić information content (AvgIpc) is 3.33. The van der Waals surface area contributed by atoms with Crippen LogP contribution in [0.2, 0.25) is 0 Å². The maximum atomic E-state index is 12.6. The summed E-state index contributed by atoms with van der Waals surface area (Å²) >= 11 is 0. The summed E-state index contributed by atoms with van der Waals surface area (Å²) in [6, 6.07) is 0.108. The molecule has 5 nitrogen and oxygen atoms in total. The minimum absolute atomic E-state index is 0.0950. The van der Waals surface area contributed by atoms with E-state index in [1.807, 2.05) is 43.6 Å². The predicted octanol–water partition coefficient (Wildman–Crippen LogP) is 4.71. The number of carbonyl (C=O) groups is 1. The van der Waals surface area contributed by atoms with Crippen LogP contribution in [0.25, 0.3) is 0 Å². The van der Waals surface area contributed by atoms with E-state index in [4.69, 9.17) is 4.74 Å². The van der Waals surface area contributed by atoms with Crippen LogP contribution in [-0.4, -0.2) is 39.0 Å². The molecule has 5 heteroatoms. The van der Waals surface area contributed by atoms with Gasteiger partial charge in [-0.2, -0.15) is 0 Å². The van der Waals surface area contributed by atoms with Crippen molar-refractivity contribution in [2.24, 2.45) is 0 Å². The molecule has 3 heterocycles. The van der Waals surface area contributed by atoms with Crippen molar-refractivity contribution in [2.45, 2.75) is 84.4 Å². The number of aromatic nitrogens is 2. The predicted molar refractivity (Wildman–Crippen MR) is 109 cm³/mol.